The third kappa shape index (κ3) is 3.99. The predicted octanol–water partition coefficient (Wildman–Crippen LogP) is 2.68. The molecule has 0 aromatic heterocycles. The maximum atomic E-state index is 12.1. The summed E-state index contributed by atoms with van der Waals surface area (Å²) in [7, 11) is 3.20. The van der Waals surface area contributed by atoms with E-state index in [1.807, 2.05) is 36.4 Å². The Kier molecular flexibility index (Phi) is 5.21. The third-order valence-corrected chi connectivity index (χ3v) is 3.21. The molecule has 2 aromatic rings. The normalized spacial score (nSPS) is 10.0. The zero-order valence-electron chi connectivity index (χ0n) is 12.3. The van der Waals surface area contributed by atoms with Crippen molar-refractivity contribution in [3.05, 3.63) is 59.7 Å². The van der Waals surface area contributed by atoms with Crippen LogP contribution < -0.4 is 14.8 Å². The van der Waals surface area contributed by atoms with Gasteiger partial charge < -0.3 is 14.8 Å². The molecule has 21 heavy (non-hydrogen) atoms. The fourth-order valence-electron chi connectivity index (χ4n) is 2.04. The lowest BCUT2D eigenvalue weighted by molar-refractivity contribution is 0.0951. The van der Waals surface area contributed by atoms with E-state index in [-0.39, 0.29) is 5.91 Å². The van der Waals surface area contributed by atoms with E-state index in [1.54, 1.807) is 26.4 Å². The molecule has 0 unspecified atom stereocenters. The van der Waals surface area contributed by atoms with E-state index in [9.17, 15) is 4.79 Å². The van der Waals surface area contributed by atoms with Gasteiger partial charge in [-0.25, -0.2) is 0 Å². The highest BCUT2D eigenvalue weighted by molar-refractivity contribution is 5.96. The lowest BCUT2D eigenvalue weighted by atomic mass is 10.1. The van der Waals surface area contributed by atoms with Crippen LogP contribution in [0.3, 0.4) is 0 Å². The maximum absolute atomic E-state index is 12.1. The Morgan fingerprint density at radius 3 is 2.38 bits per heavy atom. The molecule has 0 saturated heterocycles. The molecule has 2 rings (SSSR count). The summed E-state index contributed by atoms with van der Waals surface area (Å²) in [5.74, 6) is 1.29. The first-order valence-electron chi connectivity index (χ1n) is 6.78. The average Bonchev–Trinajstić information content (AvgIpc) is 2.55. The van der Waals surface area contributed by atoms with Crippen LogP contribution in [0.5, 0.6) is 11.5 Å². The van der Waals surface area contributed by atoms with Gasteiger partial charge in [-0.15, -0.1) is 0 Å². The molecule has 0 atom stereocenters. The molecule has 1 N–H and O–H groups in total. The summed E-state index contributed by atoms with van der Waals surface area (Å²) in [5, 5.41) is 2.90. The van der Waals surface area contributed by atoms with Gasteiger partial charge in [0.1, 0.15) is 11.5 Å². The van der Waals surface area contributed by atoms with Crippen molar-refractivity contribution < 1.29 is 14.3 Å². The van der Waals surface area contributed by atoms with E-state index in [0.717, 1.165) is 17.7 Å². The van der Waals surface area contributed by atoms with Gasteiger partial charge in [0.15, 0.2) is 0 Å². The highest BCUT2D eigenvalue weighted by atomic mass is 16.5. The second-order valence-electron chi connectivity index (χ2n) is 4.55. The van der Waals surface area contributed by atoms with Gasteiger partial charge in [-0.05, 0) is 36.2 Å². The second-order valence-corrected chi connectivity index (χ2v) is 4.55. The van der Waals surface area contributed by atoms with Crippen molar-refractivity contribution in [2.75, 3.05) is 20.8 Å². The van der Waals surface area contributed by atoms with Crippen molar-refractivity contribution >= 4 is 5.91 Å². The van der Waals surface area contributed by atoms with Gasteiger partial charge in [-0.1, -0.05) is 24.3 Å². The number of ether oxygens (including phenoxy) is 2. The molecule has 0 aliphatic rings. The van der Waals surface area contributed by atoms with E-state index in [4.69, 9.17) is 9.47 Å². The van der Waals surface area contributed by atoms with Gasteiger partial charge in [-0.2, -0.15) is 0 Å². The summed E-state index contributed by atoms with van der Waals surface area (Å²) in [5.41, 5.74) is 1.70. The quantitative estimate of drug-likeness (QED) is 0.887. The van der Waals surface area contributed by atoms with Gasteiger partial charge in [0.2, 0.25) is 0 Å². The summed E-state index contributed by atoms with van der Waals surface area (Å²) in [4.78, 5) is 12.1. The Bertz CT molecular complexity index is 593. The third-order valence-electron chi connectivity index (χ3n) is 3.21. The molecule has 0 spiro atoms. The molecule has 0 saturated carbocycles. The maximum Gasteiger partial charge on any atom is 0.255 e. The van der Waals surface area contributed by atoms with E-state index >= 15 is 0 Å². The van der Waals surface area contributed by atoms with Crippen LogP contribution in [0.15, 0.2) is 48.5 Å². The Morgan fingerprint density at radius 1 is 1.00 bits per heavy atom. The van der Waals surface area contributed by atoms with Crippen LogP contribution in [-0.2, 0) is 6.42 Å². The Hall–Kier alpha value is -2.49. The van der Waals surface area contributed by atoms with Crippen LogP contribution in [0, 0.1) is 0 Å². The largest absolute Gasteiger partial charge is 0.497 e. The fourth-order valence-corrected chi connectivity index (χ4v) is 2.04. The minimum atomic E-state index is -0.124. The fraction of sp³-hybridized carbons (Fsp3) is 0.235. The van der Waals surface area contributed by atoms with Gasteiger partial charge in [0.25, 0.3) is 5.91 Å². The minimum Gasteiger partial charge on any atom is -0.497 e. The Balaban J connectivity index is 1.89. The Labute approximate surface area is 124 Å². The molecule has 110 valence electrons. The van der Waals surface area contributed by atoms with Crippen LogP contribution >= 0.6 is 0 Å². The number of amides is 1. The van der Waals surface area contributed by atoms with Crippen molar-refractivity contribution in [2.24, 2.45) is 0 Å². The lowest BCUT2D eigenvalue weighted by Gasteiger charge is -2.09. The van der Waals surface area contributed by atoms with Crippen LogP contribution in [-0.4, -0.2) is 26.7 Å². The molecule has 0 radical (unpaired) electrons. The number of nitrogens with one attached hydrogen (secondary N) is 1. The summed E-state index contributed by atoms with van der Waals surface area (Å²) >= 11 is 0. The summed E-state index contributed by atoms with van der Waals surface area (Å²) in [6, 6.07) is 15.0. The first-order valence-corrected chi connectivity index (χ1v) is 6.78. The standard InChI is InChI=1S/C17H19NO3/c1-20-14-9-7-13(8-10-14)11-12-18-17(19)15-5-3-4-6-16(15)21-2/h3-10H,11-12H2,1-2H3,(H,18,19). The van der Waals surface area contributed by atoms with Crippen molar-refractivity contribution in [3.63, 3.8) is 0 Å². The monoisotopic (exact) mass is 285 g/mol. The van der Waals surface area contributed by atoms with E-state index in [1.165, 1.54) is 0 Å². The highest BCUT2D eigenvalue weighted by Gasteiger charge is 2.10. The van der Waals surface area contributed by atoms with Gasteiger partial charge in [-0.3, -0.25) is 4.79 Å². The van der Waals surface area contributed by atoms with Crippen molar-refractivity contribution in [2.45, 2.75) is 6.42 Å². The molecule has 4 nitrogen and oxygen atoms in total. The summed E-state index contributed by atoms with van der Waals surface area (Å²) in [6.45, 7) is 0.573. The SMILES string of the molecule is COc1ccc(CCNC(=O)c2ccccc2OC)cc1. The van der Waals surface area contributed by atoms with Crippen molar-refractivity contribution in [1.29, 1.82) is 0 Å². The molecular weight excluding hydrogens is 266 g/mol. The van der Waals surface area contributed by atoms with Crippen molar-refractivity contribution in [1.82, 2.24) is 5.32 Å². The molecular formula is C17H19NO3. The molecule has 4 heteroatoms. The molecule has 2 aromatic carbocycles. The van der Waals surface area contributed by atoms with Crippen LogP contribution in [0.25, 0.3) is 0 Å². The Morgan fingerprint density at radius 2 is 1.71 bits per heavy atom. The number of rotatable bonds is 6. The lowest BCUT2D eigenvalue weighted by Crippen LogP contribution is -2.26. The first-order chi connectivity index (χ1) is 10.2. The molecule has 0 bridgehead atoms. The molecule has 0 heterocycles. The highest BCUT2D eigenvalue weighted by Crippen LogP contribution is 2.17. The number of methoxy groups -OCH3 is 2. The van der Waals surface area contributed by atoms with Gasteiger partial charge >= 0.3 is 0 Å². The molecule has 0 aliphatic carbocycles. The molecule has 0 fully saturated rings. The number of benzene rings is 2. The smallest absolute Gasteiger partial charge is 0.255 e. The topological polar surface area (TPSA) is 47.6 Å². The zero-order valence-corrected chi connectivity index (χ0v) is 12.3. The molecule has 1 amide bonds. The zero-order chi connectivity index (χ0) is 15.1. The summed E-state index contributed by atoms with van der Waals surface area (Å²) < 4.78 is 10.3. The van der Waals surface area contributed by atoms with Gasteiger partial charge in [0, 0.05) is 6.54 Å². The summed E-state index contributed by atoms with van der Waals surface area (Å²) in [6.07, 6.45) is 0.769. The van der Waals surface area contributed by atoms with Crippen LogP contribution in [0.4, 0.5) is 0 Å². The number of hydrogen-bond acceptors (Lipinski definition) is 3. The average molecular weight is 285 g/mol. The number of hydrogen-bond donors (Lipinski definition) is 1. The number of para-hydroxylation sites is 1. The minimum absolute atomic E-state index is 0.124. The van der Waals surface area contributed by atoms with Crippen LogP contribution in [0.1, 0.15) is 15.9 Å². The second kappa shape index (κ2) is 7.33. The predicted molar refractivity (Wildman–Crippen MR) is 82.0 cm³/mol. The van der Waals surface area contributed by atoms with E-state index in [0.29, 0.717) is 17.9 Å². The number of carbonyl (C=O) groups is 1. The van der Waals surface area contributed by atoms with E-state index < -0.39 is 0 Å². The first kappa shape index (κ1) is 14.9. The molecule has 0 aliphatic heterocycles. The van der Waals surface area contributed by atoms with E-state index in [2.05, 4.69) is 5.32 Å². The van der Waals surface area contributed by atoms with Crippen molar-refractivity contribution in [3.8, 4) is 11.5 Å². The van der Waals surface area contributed by atoms with Crippen LogP contribution in [0.2, 0.25) is 0 Å². The van der Waals surface area contributed by atoms with Gasteiger partial charge in [0.05, 0.1) is 19.8 Å². The number of carbonyl (C=O) groups excluding carboxylic acids is 1.